The van der Waals surface area contributed by atoms with Gasteiger partial charge in [-0.1, -0.05) is 18.3 Å². The van der Waals surface area contributed by atoms with Crippen LogP contribution in [0.15, 0.2) is 24.4 Å². The van der Waals surface area contributed by atoms with Crippen molar-refractivity contribution in [3.63, 3.8) is 0 Å². The van der Waals surface area contributed by atoms with Crippen molar-refractivity contribution in [1.29, 1.82) is 0 Å². The van der Waals surface area contributed by atoms with Gasteiger partial charge in [-0.25, -0.2) is 13.2 Å². The summed E-state index contributed by atoms with van der Waals surface area (Å²) in [5, 5.41) is 12.5. The molecule has 0 aliphatic heterocycles. The van der Waals surface area contributed by atoms with Crippen molar-refractivity contribution < 1.29 is 22.8 Å². The summed E-state index contributed by atoms with van der Waals surface area (Å²) in [5.74, 6) is -5.26. The number of carbonyl (C=O) groups excluding carboxylic acids is 2. The maximum absolute atomic E-state index is 13.8. The molecule has 10 heteroatoms. The van der Waals surface area contributed by atoms with Crippen LogP contribution in [0, 0.1) is 17.5 Å². The Kier molecular flexibility index (Phi) is 4.73. The summed E-state index contributed by atoms with van der Waals surface area (Å²) in [6.07, 6.45) is 3.31. The van der Waals surface area contributed by atoms with E-state index in [1.54, 1.807) is 0 Å². The molecule has 0 unspecified atom stereocenters. The first-order chi connectivity index (χ1) is 13.8. The van der Waals surface area contributed by atoms with E-state index < -0.39 is 34.7 Å². The van der Waals surface area contributed by atoms with Gasteiger partial charge in [0.1, 0.15) is 33.2 Å². The Bertz CT molecular complexity index is 1100. The van der Waals surface area contributed by atoms with Gasteiger partial charge in [-0.05, 0) is 18.9 Å². The molecule has 0 spiro atoms. The van der Waals surface area contributed by atoms with Crippen molar-refractivity contribution in [3.8, 4) is 0 Å². The Morgan fingerprint density at radius 3 is 2.52 bits per heavy atom. The van der Waals surface area contributed by atoms with Crippen molar-refractivity contribution in [2.45, 2.75) is 31.7 Å². The minimum absolute atomic E-state index is 0.0372. The number of halogens is 3. The number of aromatic amines is 1. The topological polar surface area (TPSA) is 87.7 Å². The van der Waals surface area contributed by atoms with E-state index in [2.05, 4.69) is 27.4 Å². The summed E-state index contributed by atoms with van der Waals surface area (Å²) in [7, 11) is 0. The van der Waals surface area contributed by atoms with Crippen LogP contribution < -0.4 is 5.32 Å². The molecule has 1 aliphatic carbocycles. The smallest absolute Gasteiger partial charge is 0.268 e. The Morgan fingerprint density at radius 1 is 1.17 bits per heavy atom. The number of nitrogens with one attached hydrogen (secondary N) is 2. The Hall–Kier alpha value is -3.01. The van der Waals surface area contributed by atoms with E-state index >= 15 is 0 Å². The lowest BCUT2D eigenvalue weighted by atomic mass is 10.0. The highest BCUT2D eigenvalue weighted by molar-refractivity contribution is 7.11. The number of hydrogen-bond donors (Lipinski definition) is 2. The number of H-pyrrole nitrogens is 1. The number of aromatic nitrogens is 3. The SMILES string of the molecule is CC1(c2nnc(CNC(=O)c3cc(C(=O)c4c(F)cc(F)cc4F)c[nH]3)s2)CC1. The second kappa shape index (κ2) is 7.11. The molecule has 3 aromatic rings. The minimum Gasteiger partial charge on any atom is -0.356 e. The molecule has 0 radical (unpaired) electrons. The molecular weight excluding hydrogens is 405 g/mol. The highest BCUT2D eigenvalue weighted by Crippen LogP contribution is 2.48. The van der Waals surface area contributed by atoms with E-state index in [0.29, 0.717) is 17.1 Å². The number of carbonyl (C=O) groups is 2. The lowest BCUT2D eigenvalue weighted by Crippen LogP contribution is -2.23. The van der Waals surface area contributed by atoms with Gasteiger partial charge in [0.2, 0.25) is 0 Å². The number of rotatable bonds is 6. The fraction of sp³-hybridized carbons (Fsp3) is 0.263. The van der Waals surface area contributed by atoms with Gasteiger partial charge in [0.05, 0.1) is 12.1 Å². The van der Waals surface area contributed by atoms with Gasteiger partial charge in [-0.3, -0.25) is 9.59 Å². The molecule has 1 amide bonds. The normalized spacial score (nSPS) is 14.6. The zero-order valence-corrected chi connectivity index (χ0v) is 16.0. The maximum atomic E-state index is 13.8. The third kappa shape index (κ3) is 3.80. The fourth-order valence-corrected chi connectivity index (χ4v) is 3.76. The first kappa shape index (κ1) is 19.3. The van der Waals surface area contributed by atoms with Gasteiger partial charge in [0.25, 0.3) is 5.91 Å². The number of nitrogens with zero attached hydrogens (tertiary/aromatic N) is 2. The second-order valence-electron chi connectivity index (χ2n) is 7.12. The third-order valence-electron chi connectivity index (χ3n) is 4.81. The van der Waals surface area contributed by atoms with Crippen LogP contribution in [-0.2, 0) is 12.0 Å². The molecular formula is C19H15F3N4O2S. The monoisotopic (exact) mass is 420 g/mol. The average Bonchev–Trinajstić information content (AvgIpc) is 3.10. The van der Waals surface area contributed by atoms with Gasteiger partial charge >= 0.3 is 0 Å². The minimum atomic E-state index is -1.31. The van der Waals surface area contributed by atoms with Gasteiger partial charge < -0.3 is 10.3 Å². The van der Waals surface area contributed by atoms with Crippen LogP contribution in [0.25, 0.3) is 0 Å². The molecule has 4 rings (SSSR count). The Labute approximate surface area is 167 Å². The third-order valence-corrected chi connectivity index (χ3v) is 6.04. The van der Waals surface area contributed by atoms with E-state index in [4.69, 9.17) is 0 Å². The molecule has 2 heterocycles. The van der Waals surface area contributed by atoms with E-state index in [-0.39, 0.29) is 23.2 Å². The number of benzene rings is 1. The van der Waals surface area contributed by atoms with E-state index in [1.807, 2.05) is 0 Å². The Morgan fingerprint density at radius 2 is 1.86 bits per heavy atom. The highest BCUT2D eigenvalue weighted by atomic mass is 32.1. The molecule has 1 saturated carbocycles. The molecule has 0 saturated heterocycles. The van der Waals surface area contributed by atoms with Crippen LogP contribution in [0.4, 0.5) is 13.2 Å². The summed E-state index contributed by atoms with van der Waals surface area (Å²) >= 11 is 1.44. The molecule has 2 aromatic heterocycles. The molecule has 29 heavy (non-hydrogen) atoms. The molecule has 0 atom stereocenters. The molecule has 0 bridgehead atoms. The van der Waals surface area contributed by atoms with Crippen LogP contribution in [0.2, 0.25) is 0 Å². The van der Waals surface area contributed by atoms with Gasteiger partial charge in [-0.15, -0.1) is 10.2 Å². The average molecular weight is 420 g/mol. The van der Waals surface area contributed by atoms with Crippen LogP contribution in [0.5, 0.6) is 0 Å². The molecule has 6 nitrogen and oxygen atoms in total. The maximum Gasteiger partial charge on any atom is 0.268 e. The van der Waals surface area contributed by atoms with E-state index in [0.717, 1.165) is 24.0 Å². The summed E-state index contributed by atoms with van der Waals surface area (Å²) in [5.41, 5.74) is -0.874. The Balaban J connectivity index is 1.44. The lowest BCUT2D eigenvalue weighted by Gasteiger charge is -2.03. The molecule has 2 N–H and O–H groups in total. The van der Waals surface area contributed by atoms with Crippen molar-refractivity contribution in [2.24, 2.45) is 0 Å². The fourth-order valence-electron chi connectivity index (χ4n) is 2.78. The van der Waals surface area contributed by atoms with Crippen molar-refractivity contribution in [3.05, 3.63) is 68.7 Å². The zero-order valence-electron chi connectivity index (χ0n) is 15.2. The summed E-state index contributed by atoms with van der Waals surface area (Å²) in [6, 6.07) is 2.03. The highest BCUT2D eigenvalue weighted by Gasteiger charge is 2.42. The van der Waals surface area contributed by atoms with Crippen LogP contribution >= 0.6 is 11.3 Å². The van der Waals surface area contributed by atoms with Gasteiger partial charge in [0, 0.05) is 29.3 Å². The first-order valence-electron chi connectivity index (χ1n) is 8.75. The number of hydrogen-bond acceptors (Lipinski definition) is 5. The summed E-state index contributed by atoms with van der Waals surface area (Å²) in [6.45, 7) is 2.27. The number of ketones is 1. The lowest BCUT2D eigenvalue weighted by molar-refractivity contribution is 0.0946. The van der Waals surface area contributed by atoms with E-state index in [9.17, 15) is 22.8 Å². The predicted molar refractivity (Wildman–Crippen MR) is 98.2 cm³/mol. The largest absolute Gasteiger partial charge is 0.356 e. The van der Waals surface area contributed by atoms with Gasteiger partial charge in [-0.2, -0.15) is 0 Å². The molecule has 1 aromatic carbocycles. The second-order valence-corrected chi connectivity index (χ2v) is 8.18. The number of amides is 1. The van der Waals surface area contributed by atoms with Crippen molar-refractivity contribution in [2.75, 3.05) is 0 Å². The van der Waals surface area contributed by atoms with Crippen molar-refractivity contribution >= 4 is 23.0 Å². The standard InChI is InChI=1S/C19H15F3N4O2S/c1-19(2-3-19)18-26-25-14(29-18)8-24-17(28)13-4-9(7-23-13)16(27)15-11(21)5-10(20)6-12(15)22/h4-7,23H,2-3,8H2,1H3,(H,24,28). The molecule has 150 valence electrons. The first-order valence-corrected chi connectivity index (χ1v) is 9.57. The summed E-state index contributed by atoms with van der Waals surface area (Å²) in [4.78, 5) is 27.2. The molecule has 1 aliphatic rings. The zero-order chi connectivity index (χ0) is 20.8. The van der Waals surface area contributed by atoms with Gasteiger partial charge in [0.15, 0.2) is 5.78 Å². The predicted octanol–water partition coefficient (Wildman–Crippen LogP) is 3.50. The quantitative estimate of drug-likeness (QED) is 0.598. The van der Waals surface area contributed by atoms with Crippen LogP contribution in [0.3, 0.4) is 0 Å². The van der Waals surface area contributed by atoms with Crippen LogP contribution in [-0.4, -0.2) is 26.9 Å². The van der Waals surface area contributed by atoms with Crippen LogP contribution in [0.1, 0.15) is 56.2 Å². The van der Waals surface area contributed by atoms with E-state index in [1.165, 1.54) is 17.4 Å². The molecule has 1 fully saturated rings. The summed E-state index contributed by atoms with van der Waals surface area (Å²) < 4.78 is 40.6. The van der Waals surface area contributed by atoms with Crippen molar-refractivity contribution in [1.82, 2.24) is 20.5 Å².